The van der Waals surface area contributed by atoms with Crippen molar-refractivity contribution in [1.82, 2.24) is 19.4 Å². The van der Waals surface area contributed by atoms with Crippen molar-refractivity contribution in [1.29, 1.82) is 0 Å². The molecule has 1 aromatic heterocycles. The van der Waals surface area contributed by atoms with Gasteiger partial charge in [0.25, 0.3) is 0 Å². The number of para-hydroxylation sites is 2. The summed E-state index contributed by atoms with van der Waals surface area (Å²) in [5.74, 6) is 1.95. The van der Waals surface area contributed by atoms with Crippen LogP contribution in [0.2, 0.25) is 5.02 Å². The van der Waals surface area contributed by atoms with Gasteiger partial charge in [-0.1, -0.05) is 35.9 Å². The molecule has 30 heavy (non-hydrogen) atoms. The van der Waals surface area contributed by atoms with Crippen LogP contribution < -0.4 is 0 Å². The molecule has 1 amide bonds. The largest absolute Gasteiger partial charge is 0.340 e. The third-order valence-corrected chi connectivity index (χ3v) is 6.36. The van der Waals surface area contributed by atoms with Gasteiger partial charge in [-0.2, -0.15) is 11.8 Å². The van der Waals surface area contributed by atoms with E-state index in [2.05, 4.69) is 33.9 Å². The minimum atomic E-state index is 0.175. The van der Waals surface area contributed by atoms with Crippen molar-refractivity contribution in [2.24, 2.45) is 0 Å². The Balaban J connectivity index is 1.41. The highest BCUT2D eigenvalue weighted by molar-refractivity contribution is 7.97. The van der Waals surface area contributed by atoms with Crippen molar-refractivity contribution in [2.45, 2.75) is 25.3 Å². The summed E-state index contributed by atoms with van der Waals surface area (Å²) in [6, 6.07) is 16.1. The Morgan fingerprint density at radius 2 is 1.87 bits per heavy atom. The molecule has 1 aliphatic heterocycles. The average molecular weight is 443 g/mol. The van der Waals surface area contributed by atoms with E-state index in [4.69, 9.17) is 16.6 Å². The zero-order valence-electron chi connectivity index (χ0n) is 17.3. The average Bonchev–Trinajstić information content (AvgIpc) is 2.92. The van der Waals surface area contributed by atoms with Crippen LogP contribution >= 0.6 is 23.4 Å². The van der Waals surface area contributed by atoms with E-state index in [1.54, 1.807) is 11.8 Å². The SMILES string of the molecule is CSCc1nc2ccccc2n1CC(=O)N1CCCN(Cc2ccc(Cl)cc2)CC1. The van der Waals surface area contributed by atoms with Gasteiger partial charge >= 0.3 is 0 Å². The van der Waals surface area contributed by atoms with Crippen LogP contribution in [0.5, 0.6) is 0 Å². The maximum absolute atomic E-state index is 13.2. The molecule has 1 aliphatic rings. The standard InChI is InChI=1S/C23H27ClN4OS/c1-30-17-22-25-20-5-2-3-6-21(20)28(22)16-23(29)27-12-4-11-26(13-14-27)15-18-7-9-19(24)10-8-18/h2-3,5-10H,4,11-17H2,1H3. The van der Waals surface area contributed by atoms with Crippen LogP contribution in [0.25, 0.3) is 11.0 Å². The van der Waals surface area contributed by atoms with Crippen molar-refractivity contribution < 1.29 is 4.79 Å². The molecule has 1 fully saturated rings. The number of halogens is 1. The summed E-state index contributed by atoms with van der Waals surface area (Å²) < 4.78 is 2.09. The van der Waals surface area contributed by atoms with Gasteiger partial charge in [0, 0.05) is 37.7 Å². The van der Waals surface area contributed by atoms with E-state index in [0.29, 0.717) is 6.54 Å². The molecule has 1 saturated heterocycles. The number of fused-ring (bicyclic) bond motifs is 1. The van der Waals surface area contributed by atoms with E-state index < -0.39 is 0 Å². The zero-order chi connectivity index (χ0) is 20.9. The number of carbonyl (C=O) groups excluding carboxylic acids is 1. The molecule has 5 nitrogen and oxygen atoms in total. The summed E-state index contributed by atoms with van der Waals surface area (Å²) >= 11 is 7.72. The first-order chi connectivity index (χ1) is 14.6. The van der Waals surface area contributed by atoms with Gasteiger partial charge in [-0.05, 0) is 42.5 Å². The summed E-state index contributed by atoms with van der Waals surface area (Å²) in [6.07, 6.45) is 3.05. The van der Waals surface area contributed by atoms with Crippen molar-refractivity contribution in [3.05, 3.63) is 64.9 Å². The van der Waals surface area contributed by atoms with Crippen LogP contribution in [0.3, 0.4) is 0 Å². The number of imidazole rings is 1. The highest BCUT2D eigenvalue weighted by atomic mass is 35.5. The highest BCUT2D eigenvalue weighted by Crippen LogP contribution is 2.20. The molecule has 4 rings (SSSR count). The molecule has 0 unspecified atom stereocenters. The number of benzene rings is 2. The Kier molecular flexibility index (Phi) is 6.97. The Morgan fingerprint density at radius 1 is 1.07 bits per heavy atom. The van der Waals surface area contributed by atoms with Crippen molar-refractivity contribution in [2.75, 3.05) is 32.4 Å². The highest BCUT2D eigenvalue weighted by Gasteiger charge is 2.21. The quantitative estimate of drug-likeness (QED) is 0.571. The molecule has 0 radical (unpaired) electrons. The zero-order valence-corrected chi connectivity index (χ0v) is 18.8. The molecule has 2 heterocycles. The molecule has 0 spiro atoms. The number of rotatable bonds is 6. The summed E-state index contributed by atoms with van der Waals surface area (Å²) in [7, 11) is 0. The van der Waals surface area contributed by atoms with Gasteiger partial charge in [0.15, 0.2) is 0 Å². The first kappa shape index (κ1) is 21.2. The van der Waals surface area contributed by atoms with Gasteiger partial charge < -0.3 is 9.47 Å². The summed E-state index contributed by atoms with van der Waals surface area (Å²) in [5.41, 5.74) is 3.25. The fourth-order valence-corrected chi connectivity index (χ4v) is 4.61. The molecular formula is C23H27ClN4OS. The number of aromatic nitrogens is 2. The molecule has 0 atom stereocenters. The molecule has 0 N–H and O–H groups in total. The van der Waals surface area contributed by atoms with E-state index in [-0.39, 0.29) is 5.91 Å². The summed E-state index contributed by atoms with van der Waals surface area (Å²) in [5, 5.41) is 0.763. The topological polar surface area (TPSA) is 41.4 Å². The molecule has 7 heteroatoms. The second-order valence-corrected chi connectivity index (χ2v) is 8.98. The summed E-state index contributed by atoms with van der Waals surface area (Å²) in [4.78, 5) is 22.3. The van der Waals surface area contributed by atoms with Gasteiger partial charge in [-0.3, -0.25) is 9.69 Å². The van der Waals surface area contributed by atoms with Crippen LogP contribution in [0.1, 0.15) is 17.8 Å². The number of hydrogen-bond acceptors (Lipinski definition) is 4. The Hall–Kier alpha value is -2.02. The normalized spacial score (nSPS) is 15.5. The first-order valence-electron chi connectivity index (χ1n) is 10.3. The predicted octanol–water partition coefficient (Wildman–Crippen LogP) is 4.29. The van der Waals surface area contributed by atoms with Crippen LogP contribution in [-0.2, 0) is 23.6 Å². The molecule has 158 valence electrons. The lowest BCUT2D eigenvalue weighted by Crippen LogP contribution is -2.37. The summed E-state index contributed by atoms with van der Waals surface area (Å²) in [6.45, 7) is 4.70. The van der Waals surface area contributed by atoms with E-state index >= 15 is 0 Å². The van der Waals surface area contributed by atoms with Gasteiger partial charge in [0.2, 0.25) is 5.91 Å². The van der Waals surface area contributed by atoms with E-state index in [1.165, 1.54) is 5.56 Å². The van der Waals surface area contributed by atoms with Crippen LogP contribution in [-0.4, -0.2) is 57.7 Å². The number of thioether (sulfide) groups is 1. The molecule has 0 aliphatic carbocycles. The van der Waals surface area contributed by atoms with Gasteiger partial charge in [0.1, 0.15) is 12.4 Å². The Labute approximate surface area is 187 Å². The Morgan fingerprint density at radius 3 is 2.67 bits per heavy atom. The van der Waals surface area contributed by atoms with Crippen molar-refractivity contribution >= 4 is 40.3 Å². The Bertz CT molecular complexity index is 1000. The fraction of sp³-hybridized carbons (Fsp3) is 0.391. The smallest absolute Gasteiger partial charge is 0.242 e. The number of amides is 1. The molecule has 0 saturated carbocycles. The van der Waals surface area contributed by atoms with E-state index in [0.717, 1.165) is 66.8 Å². The van der Waals surface area contributed by atoms with Gasteiger partial charge in [0.05, 0.1) is 16.8 Å². The minimum absolute atomic E-state index is 0.175. The fourth-order valence-electron chi connectivity index (χ4n) is 4.00. The lowest BCUT2D eigenvalue weighted by molar-refractivity contribution is -0.131. The van der Waals surface area contributed by atoms with Crippen LogP contribution in [0.15, 0.2) is 48.5 Å². The molecule has 0 bridgehead atoms. The van der Waals surface area contributed by atoms with Crippen LogP contribution in [0, 0.1) is 0 Å². The van der Waals surface area contributed by atoms with E-state index in [9.17, 15) is 4.79 Å². The minimum Gasteiger partial charge on any atom is -0.340 e. The second-order valence-electron chi connectivity index (χ2n) is 7.67. The van der Waals surface area contributed by atoms with Gasteiger partial charge in [-0.25, -0.2) is 4.98 Å². The third-order valence-electron chi connectivity index (χ3n) is 5.56. The maximum atomic E-state index is 13.2. The van der Waals surface area contributed by atoms with E-state index in [1.807, 2.05) is 35.2 Å². The monoisotopic (exact) mass is 442 g/mol. The lowest BCUT2D eigenvalue weighted by Gasteiger charge is -2.23. The van der Waals surface area contributed by atoms with Crippen LogP contribution in [0.4, 0.5) is 0 Å². The molecular weight excluding hydrogens is 416 g/mol. The molecule has 3 aromatic rings. The number of nitrogens with zero attached hydrogens (tertiary/aromatic N) is 4. The molecule has 2 aromatic carbocycles. The van der Waals surface area contributed by atoms with Crippen molar-refractivity contribution in [3.8, 4) is 0 Å². The first-order valence-corrected chi connectivity index (χ1v) is 12.1. The second kappa shape index (κ2) is 9.86. The van der Waals surface area contributed by atoms with Crippen molar-refractivity contribution in [3.63, 3.8) is 0 Å². The predicted molar refractivity (Wildman–Crippen MR) is 125 cm³/mol. The number of carbonyl (C=O) groups is 1. The third kappa shape index (κ3) is 4.99. The lowest BCUT2D eigenvalue weighted by atomic mass is 10.2. The maximum Gasteiger partial charge on any atom is 0.242 e. The van der Waals surface area contributed by atoms with Gasteiger partial charge in [-0.15, -0.1) is 0 Å². The number of hydrogen-bond donors (Lipinski definition) is 0.